The minimum absolute atomic E-state index is 0.0640. The number of hydrogen-bond donors (Lipinski definition) is 4. The molecule has 1 fully saturated rings. The molecule has 1 aliphatic rings. The number of rotatable bonds is 9. The molecule has 9 heteroatoms. The number of hydrogen-bond acceptors (Lipinski definition) is 5. The van der Waals surface area contributed by atoms with Gasteiger partial charge in [0, 0.05) is 13.0 Å². The van der Waals surface area contributed by atoms with Gasteiger partial charge in [0.05, 0.1) is 6.04 Å². The number of carboxylic acids is 1. The van der Waals surface area contributed by atoms with E-state index in [0.717, 1.165) is 5.56 Å². The summed E-state index contributed by atoms with van der Waals surface area (Å²) in [5.41, 5.74) is 6.81. The summed E-state index contributed by atoms with van der Waals surface area (Å²) in [6.07, 6.45) is 1.34. The fourth-order valence-electron chi connectivity index (χ4n) is 3.48. The maximum absolute atomic E-state index is 13.0. The van der Waals surface area contributed by atoms with Crippen LogP contribution in [0, 0.1) is 5.92 Å². The lowest BCUT2D eigenvalue weighted by atomic mass is 10.0. The van der Waals surface area contributed by atoms with E-state index in [9.17, 15) is 19.2 Å². The number of benzene rings is 1. The van der Waals surface area contributed by atoms with Crippen LogP contribution < -0.4 is 16.4 Å². The lowest BCUT2D eigenvalue weighted by Gasteiger charge is -2.29. The molecule has 1 aliphatic heterocycles. The van der Waals surface area contributed by atoms with Gasteiger partial charge in [0.1, 0.15) is 18.1 Å². The lowest BCUT2D eigenvalue weighted by molar-refractivity contribution is -0.142. The van der Waals surface area contributed by atoms with Crippen LogP contribution in [0.1, 0.15) is 39.2 Å². The van der Waals surface area contributed by atoms with Crippen molar-refractivity contribution >= 4 is 23.7 Å². The first-order valence-electron chi connectivity index (χ1n) is 10.5. The molecule has 0 aliphatic carbocycles. The second-order valence-corrected chi connectivity index (χ2v) is 8.28. The number of carbonyl (C=O) groups excluding carboxylic acids is 3. The molecule has 3 amide bonds. The Kier molecular flexibility index (Phi) is 8.56. The van der Waals surface area contributed by atoms with Gasteiger partial charge in [0.2, 0.25) is 17.7 Å². The number of likely N-dealkylation sites (tertiary alicyclic amines) is 1. The minimum Gasteiger partial charge on any atom is -0.480 e. The van der Waals surface area contributed by atoms with E-state index in [0.29, 0.717) is 19.4 Å². The first kappa shape index (κ1) is 24.3. The Morgan fingerprint density at radius 2 is 1.77 bits per heavy atom. The van der Waals surface area contributed by atoms with Gasteiger partial charge < -0.3 is 26.4 Å². The van der Waals surface area contributed by atoms with E-state index in [2.05, 4.69) is 10.6 Å². The van der Waals surface area contributed by atoms with Gasteiger partial charge in [-0.1, -0.05) is 44.2 Å². The molecular formula is C22H32N4O5. The first-order chi connectivity index (χ1) is 14.6. The second kappa shape index (κ2) is 10.9. The zero-order valence-electron chi connectivity index (χ0n) is 18.2. The van der Waals surface area contributed by atoms with E-state index in [-0.39, 0.29) is 18.2 Å². The van der Waals surface area contributed by atoms with Gasteiger partial charge in [-0.3, -0.25) is 19.2 Å². The van der Waals surface area contributed by atoms with Crippen molar-refractivity contribution in [1.29, 1.82) is 0 Å². The molecular weight excluding hydrogens is 400 g/mol. The van der Waals surface area contributed by atoms with E-state index in [4.69, 9.17) is 10.8 Å². The van der Waals surface area contributed by atoms with Crippen molar-refractivity contribution in [2.75, 3.05) is 6.54 Å². The van der Waals surface area contributed by atoms with E-state index in [1.54, 1.807) is 0 Å². The SMILES string of the molecule is CC(NC(=O)C(Cc1ccccc1)NC(=O)C1CCCN1C(=O)C(N)C(C)C)C(=O)O. The molecule has 1 aromatic carbocycles. The third kappa shape index (κ3) is 6.52. The van der Waals surface area contributed by atoms with Crippen LogP contribution in [0.4, 0.5) is 0 Å². The molecule has 0 radical (unpaired) electrons. The molecule has 1 heterocycles. The van der Waals surface area contributed by atoms with Crippen molar-refractivity contribution in [2.45, 2.75) is 64.2 Å². The average Bonchev–Trinajstić information content (AvgIpc) is 3.22. The Morgan fingerprint density at radius 3 is 2.35 bits per heavy atom. The van der Waals surface area contributed by atoms with Crippen molar-refractivity contribution < 1.29 is 24.3 Å². The smallest absolute Gasteiger partial charge is 0.325 e. The van der Waals surface area contributed by atoms with E-state index < -0.39 is 42.0 Å². The maximum atomic E-state index is 13.0. The Morgan fingerprint density at radius 1 is 1.13 bits per heavy atom. The van der Waals surface area contributed by atoms with Gasteiger partial charge in [0.15, 0.2) is 0 Å². The van der Waals surface area contributed by atoms with Gasteiger partial charge >= 0.3 is 5.97 Å². The van der Waals surface area contributed by atoms with Crippen LogP contribution >= 0.6 is 0 Å². The molecule has 0 saturated carbocycles. The van der Waals surface area contributed by atoms with Crippen molar-refractivity contribution in [3.63, 3.8) is 0 Å². The maximum Gasteiger partial charge on any atom is 0.325 e. The van der Waals surface area contributed by atoms with Crippen LogP contribution in [0.5, 0.6) is 0 Å². The summed E-state index contributed by atoms with van der Waals surface area (Å²) >= 11 is 0. The highest BCUT2D eigenvalue weighted by atomic mass is 16.4. The zero-order chi connectivity index (χ0) is 23.1. The summed E-state index contributed by atoms with van der Waals surface area (Å²) in [7, 11) is 0. The number of carboxylic acid groups (broad SMARTS) is 1. The minimum atomic E-state index is -1.17. The summed E-state index contributed by atoms with van der Waals surface area (Å²) in [6, 6.07) is 5.62. The quantitative estimate of drug-likeness (QED) is 0.441. The molecule has 2 rings (SSSR count). The summed E-state index contributed by atoms with van der Waals surface area (Å²) in [6.45, 7) is 5.48. The molecule has 4 unspecified atom stereocenters. The molecule has 31 heavy (non-hydrogen) atoms. The van der Waals surface area contributed by atoms with Crippen LogP contribution in [0.2, 0.25) is 0 Å². The summed E-state index contributed by atoms with van der Waals surface area (Å²) in [4.78, 5) is 51.1. The van der Waals surface area contributed by atoms with Crippen LogP contribution in [0.15, 0.2) is 30.3 Å². The lowest BCUT2D eigenvalue weighted by Crippen LogP contribution is -2.57. The molecule has 5 N–H and O–H groups in total. The second-order valence-electron chi connectivity index (χ2n) is 8.28. The van der Waals surface area contributed by atoms with Crippen LogP contribution in [-0.2, 0) is 25.6 Å². The Bertz CT molecular complexity index is 798. The van der Waals surface area contributed by atoms with Gasteiger partial charge in [0.25, 0.3) is 0 Å². The fourth-order valence-corrected chi connectivity index (χ4v) is 3.48. The first-order valence-corrected chi connectivity index (χ1v) is 10.5. The van der Waals surface area contributed by atoms with Crippen molar-refractivity contribution in [3.8, 4) is 0 Å². The Balaban J connectivity index is 2.16. The fraction of sp³-hybridized carbons (Fsp3) is 0.545. The van der Waals surface area contributed by atoms with Gasteiger partial charge in [-0.15, -0.1) is 0 Å². The topological polar surface area (TPSA) is 142 Å². The number of aliphatic carboxylic acids is 1. The van der Waals surface area contributed by atoms with Gasteiger partial charge in [-0.2, -0.15) is 0 Å². The average molecular weight is 433 g/mol. The molecule has 170 valence electrons. The highest BCUT2D eigenvalue weighted by Gasteiger charge is 2.38. The summed E-state index contributed by atoms with van der Waals surface area (Å²) < 4.78 is 0. The monoisotopic (exact) mass is 432 g/mol. The van der Waals surface area contributed by atoms with E-state index >= 15 is 0 Å². The van der Waals surface area contributed by atoms with Crippen molar-refractivity contribution in [2.24, 2.45) is 11.7 Å². The number of nitrogens with zero attached hydrogens (tertiary/aromatic N) is 1. The normalized spacial score (nSPS) is 18.9. The zero-order valence-corrected chi connectivity index (χ0v) is 18.2. The van der Waals surface area contributed by atoms with E-state index in [1.807, 2.05) is 44.2 Å². The third-order valence-electron chi connectivity index (χ3n) is 5.49. The Labute approximate surface area is 182 Å². The number of nitrogens with two attached hydrogens (primary N) is 1. The third-order valence-corrected chi connectivity index (χ3v) is 5.49. The van der Waals surface area contributed by atoms with Crippen molar-refractivity contribution in [1.82, 2.24) is 15.5 Å². The molecule has 4 atom stereocenters. The molecule has 9 nitrogen and oxygen atoms in total. The highest BCUT2D eigenvalue weighted by Crippen LogP contribution is 2.20. The molecule has 1 aromatic rings. The van der Waals surface area contributed by atoms with Gasteiger partial charge in [-0.05, 0) is 31.2 Å². The largest absolute Gasteiger partial charge is 0.480 e. The standard InChI is InChI=1S/C22H32N4O5/c1-13(2)18(23)21(29)26-11-7-10-17(26)20(28)25-16(12-15-8-5-4-6-9-15)19(27)24-14(3)22(30)31/h4-6,8-9,13-14,16-18H,7,10-12,23H2,1-3H3,(H,24,27)(H,25,28)(H,30,31). The van der Waals surface area contributed by atoms with Crippen LogP contribution in [0.3, 0.4) is 0 Å². The number of amides is 3. The Hall–Kier alpha value is -2.94. The van der Waals surface area contributed by atoms with Crippen molar-refractivity contribution in [3.05, 3.63) is 35.9 Å². The molecule has 1 saturated heterocycles. The summed E-state index contributed by atoms with van der Waals surface area (Å²) in [5, 5.41) is 14.2. The van der Waals surface area contributed by atoms with Crippen LogP contribution in [-0.4, -0.2) is 64.4 Å². The predicted octanol–water partition coefficient (Wildman–Crippen LogP) is 0.278. The molecule has 0 spiro atoms. The number of carbonyl (C=O) groups is 4. The molecule has 0 aromatic heterocycles. The predicted molar refractivity (Wildman–Crippen MR) is 115 cm³/mol. The number of nitrogens with one attached hydrogen (secondary N) is 2. The van der Waals surface area contributed by atoms with Crippen LogP contribution in [0.25, 0.3) is 0 Å². The molecule has 0 bridgehead atoms. The summed E-state index contributed by atoms with van der Waals surface area (Å²) in [5.74, 6) is -2.56. The van der Waals surface area contributed by atoms with Gasteiger partial charge in [-0.25, -0.2) is 0 Å². The highest BCUT2D eigenvalue weighted by molar-refractivity contribution is 5.94. The van der Waals surface area contributed by atoms with E-state index in [1.165, 1.54) is 11.8 Å².